The van der Waals surface area contributed by atoms with Crippen LogP contribution in [0.25, 0.3) is 0 Å². The number of hydrogen-bond acceptors (Lipinski definition) is 4. The average molecular weight is 377 g/mol. The van der Waals surface area contributed by atoms with Crippen LogP contribution in [0.15, 0.2) is 48.8 Å². The number of aromatic nitrogens is 2. The van der Waals surface area contributed by atoms with Gasteiger partial charge in [0.1, 0.15) is 18.0 Å². The zero-order valence-electron chi connectivity index (χ0n) is 14.2. The Morgan fingerprint density at radius 2 is 1.67 bits per heavy atom. The van der Waals surface area contributed by atoms with E-state index in [2.05, 4.69) is 15.3 Å². The van der Waals surface area contributed by atoms with Crippen LogP contribution in [0.3, 0.4) is 0 Å². The Kier molecular flexibility index (Phi) is 5.54. The number of pyridine rings is 2. The molecule has 0 bridgehead atoms. The summed E-state index contributed by atoms with van der Waals surface area (Å²) in [5, 5.41) is 2.43. The van der Waals surface area contributed by atoms with E-state index in [0.717, 1.165) is 5.56 Å². The molecule has 2 heterocycles. The van der Waals surface area contributed by atoms with Gasteiger partial charge >= 0.3 is 0 Å². The highest BCUT2D eigenvalue weighted by Crippen LogP contribution is 2.27. The molecule has 3 aromatic rings. The normalized spacial score (nSPS) is 11.9. The number of ether oxygens (including phenoxy) is 1. The van der Waals surface area contributed by atoms with Gasteiger partial charge in [0, 0.05) is 24.0 Å². The first-order valence-corrected chi connectivity index (χ1v) is 8.04. The first kappa shape index (κ1) is 18.6. The van der Waals surface area contributed by atoms with E-state index < -0.39 is 35.3 Å². The fourth-order valence-electron chi connectivity index (χ4n) is 2.42. The standard InChI is InChI=1S/C19H15F4N3O/c1-11(25-17-15(20)18(22)26-19(23)16(17)21)13-4-6-14(7-5-13)27-10-12-3-2-8-24-9-12/h2-9,11H,10H2,1H3,(H,25,26). The monoisotopic (exact) mass is 377 g/mol. The van der Waals surface area contributed by atoms with Crippen LogP contribution in [-0.4, -0.2) is 9.97 Å². The van der Waals surface area contributed by atoms with Crippen LogP contribution in [0.1, 0.15) is 24.1 Å². The van der Waals surface area contributed by atoms with E-state index >= 15 is 0 Å². The first-order valence-electron chi connectivity index (χ1n) is 8.04. The third kappa shape index (κ3) is 4.33. The highest BCUT2D eigenvalue weighted by Gasteiger charge is 2.22. The third-order valence-electron chi connectivity index (χ3n) is 3.87. The predicted molar refractivity (Wildman–Crippen MR) is 91.1 cm³/mol. The van der Waals surface area contributed by atoms with Gasteiger partial charge in [-0.3, -0.25) is 4.98 Å². The summed E-state index contributed by atoms with van der Waals surface area (Å²) in [6.07, 6.45) is 3.36. The highest BCUT2D eigenvalue weighted by atomic mass is 19.2. The minimum absolute atomic E-state index is 0.340. The Bertz CT molecular complexity index is 894. The molecule has 0 aliphatic heterocycles. The van der Waals surface area contributed by atoms with Gasteiger partial charge in [0.25, 0.3) is 11.9 Å². The van der Waals surface area contributed by atoms with Gasteiger partial charge in [-0.15, -0.1) is 0 Å². The van der Waals surface area contributed by atoms with E-state index in [9.17, 15) is 17.6 Å². The van der Waals surface area contributed by atoms with Crippen LogP contribution in [0.5, 0.6) is 5.75 Å². The van der Waals surface area contributed by atoms with Crippen molar-refractivity contribution in [3.05, 3.63) is 83.4 Å². The van der Waals surface area contributed by atoms with Gasteiger partial charge in [-0.05, 0) is 30.7 Å². The zero-order valence-corrected chi connectivity index (χ0v) is 14.2. The number of nitrogens with zero attached hydrogens (tertiary/aromatic N) is 2. The second-order valence-corrected chi connectivity index (χ2v) is 5.78. The van der Waals surface area contributed by atoms with Crippen LogP contribution < -0.4 is 10.1 Å². The number of halogens is 4. The fraction of sp³-hybridized carbons (Fsp3) is 0.158. The molecule has 140 valence electrons. The van der Waals surface area contributed by atoms with Crippen molar-refractivity contribution in [3.63, 3.8) is 0 Å². The molecule has 4 nitrogen and oxygen atoms in total. The molecule has 1 aromatic carbocycles. The minimum Gasteiger partial charge on any atom is -0.489 e. The van der Waals surface area contributed by atoms with Crippen molar-refractivity contribution in [1.82, 2.24) is 9.97 Å². The summed E-state index contributed by atoms with van der Waals surface area (Å²) in [6, 6.07) is 9.79. The van der Waals surface area contributed by atoms with Crippen molar-refractivity contribution in [2.75, 3.05) is 5.32 Å². The van der Waals surface area contributed by atoms with E-state index in [1.54, 1.807) is 49.6 Å². The summed E-state index contributed by atoms with van der Waals surface area (Å²) in [6.45, 7) is 1.94. The lowest BCUT2D eigenvalue weighted by molar-refractivity contribution is 0.305. The maximum Gasteiger partial charge on any atom is 0.253 e. The number of rotatable bonds is 6. The van der Waals surface area contributed by atoms with Gasteiger partial charge < -0.3 is 10.1 Å². The zero-order chi connectivity index (χ0) is 19.4. The first-order chi connectivity index (χ1) is 13.0. The van der Waals surface area contributed by atoms with Crippen LogP contribution in [0, 0.1) is 23.5 Å². The fourth-order valence-corrected chi connectivity index (χ4v) is 2.42. The third-order valence-corrected chi connectivity index (χ3v) is 3.87. The molecule has 0 saturated heterocycles. The van der Waals surface area contributed by atoms with Crippen molar-refractivity contribution in [3.8, 4) is 5.75 Å². The highest BCUT2D eigenvalue weighted by molar-refractivity contribution is 5.47. The average Bonchev–Trinajstić information content (AvgIpc) is 2.69. The molecule has 0 saturated carbocycles. The van der Waals surface area contributed by atoms with Gasteiger partial charge in [0.2, 0.25) is 11.6 Å². The molecule has 0 aliphatic rings. The molecule has 0 radical (unpaired) electrons. The van der Waals surface area contributed by atoms with E-state index in [4.69, 9.17) is 4.74 Å². The van der Waals surface area contributed by atoms with Crippen molar-refractivity contribution >= 4 is 5.69 Å². The largest absolute Gasteiger partial charge is 0.489 e. The van der Waals surface area contributed by atoms with Gasteiger partial charge in [-0.1, -0.05) is 18.2 Å². The second kappa shape index (κ2) is 8.03. The Hall–Kier alpha value is -3.16. The molecule has 0 amide bonds. The smallest absolute Gasteiger partial charge is 0.253 e. The van der Waals surface area contributed by atoms with E-state index in [-0.39, 0.29) is 0 Å². The Labute approximate surface area is 152 Å². The summed E-state index contributed by atoms with van der Waals surface area (Å²) in [7, 11) is 0. The summed E-state index contributed by atoms with van der Waals surface area (Å²) in [4.78, 5) is 6.52. The van der Waals surface area contributed by atoms with E-state index in [1.807, 2.05) is 6.07 Å². The SMILES string of the molecule is CC(Nc1c(F)c(F)nc(F)c1F)c1ccc(OCc2cccnc2)cc1. The van der Waals surface area contributed by atoms with Gasteiger partial charge in [0.05, 0.1) is 0 Å². The molecular formula is C19H15F4N3O. The van der Waals surface area contributed by atoms with Gasteiger partial charge in [-0.25, -0.2) is 0 Å². The van der Waals surface area contributed by atoms with Gasteiger partial charge in [-0.2, -0.15) is 22.5 Å². The molecule has 1 N–H and O–H groups in total. The van der Waals surface area contributed by atoms with Crippen LogP contribution in [0.4, 0.5) is 23.2 Å². The molecule has 0 spiro atoms. The summed E-state index contributed by atoms with van der Waals surface area (Å²) in [5.74, 6) is -5.96. The van der Waals surface area contributed by atoms with Crippen LogP contribution >= 0.6 is 0 Å². The lowest BCUT2D eigenvalue weighted by atomic mass is 10.1. The summed E-state index contributed by atoms with van der Waals surface area (Å²) < 4.78 is 59.4. The number of benzene rings is 1. The predicted octanol–water partition coefficient (Wildman–Crippen LogP) is 4.79. The second-order valence-electron chi connectivity index (χ2n) is 5.78. The molecule has 0 aliphatic carbocycles. The van der Waals surface area contributed by atoms with Crippen LogP contribution in [0.2, 0.25) is 0 Å². The quantitative estimate of drug-likeness (QED) is 0.496. The molecule has 27 heavy (non-hydrogen) atoms. The molecule has 1 atom stereocenters. The molecule has 1 unspecified atom stereocenters. The Morgan fingerprint density at radius 1 is 1.00 bits per heavy atom. The maximum atomic E-state index is 13.7. The van der Waals surface area contributed by atoms with Crippen molar-refractivity contribution in [2.24, 2.45) is 0 Å². The molecule has 3 rings (SSSR count). The van der Waals surface area contributed by atoms with Crippen molar-refractivity contribution < 1.29 is 22.3 Å². The van der Waals surface area contributed by atoms with E-state index in [1.165, 1.54) is 0 Å². The Morgan fingerprint density at radius 3 is 2.26 bits per heavy atom. The van der Waals surface area contributed by atoms with E-state index in [0.29, 0.717) is 17.9 Å². The number of hydrogen-bond donors (Lipinski definition) is 1. The molecule has 0 fully saturated rings. The number of nitrogens with one attached hydrogen (secondary N) is 1. The molecule has 2 aromatic heterocycles. The molecular weight excluding hydrogens is 362 g/mol. The molecule has 8 heteroatoms. The topological polar surface area (TPSA) is 47.0 Å². The lowest BCUT2D eigenvalue weighted by Crippen LogP contribution is -2.13. The summed E-state index contributed by atoms with van der Waals surface area (Å²) >= 11 is 0. The summed E-state index contributed by atoms with van der Waals surface area (Å²) in [5.41, 5.74) is 0.647. The minimum atomic E-state index is -1.71. The Balaban J connectivity index is 1.68. The van der Waals surface area contributed by atoms with Crippen molar-refractivity contribution in [2.45, 2.75) is 19.6 Å². The van der Waals surface area contributed by atoms with Gasteiger partial charge in [0.15, 0.2) is 0 Å². The van der Waals surface area contributed by atoms with Crippen LogP contribution in [-0.2, 0) is 6.61 Å². The number of anilines is 1. The maximum absolute atomic E-state index is 13.7. The van der Waals surface area contributed by atoms with Crippen molar-refractivity contribution in [1.29, 1.82) is 0 Å². The lowest BCUT2D eigenvalue weighted by Gasteiger charge is -2.17.